The van der Waals surface area contributed by atoms with E-state index in [1.165, 1.54) is 0 Å². The van der Waals surface area contributed by atoms with Gasteiger partial charge in [-0.15, -0.1) is 0 Å². The molecule has 0 amide bonds. The molecule has 1 saturated heterocycles. The molecular weight excluding hydrogens is 400 g/mol. The van der Waals surface area contributed by atoms with E-state index in [-0.39, 0.29) is 17.8 Å². The van der Waals surface area contributed by atoms with Crippen LogP contribution in [0.15, 0.2) is 54.7 Å². The van der Waals surface area contributed by atoms with Crippen molar-refractivity contribution in [2.24, 2.45) is 0 Å². The molecule has 1 aliphatic rings. The molecule has 0 spiro atoms. The van der Waals surface area contributed by atoms with Crippen LogP contribution in [0.3, 0.4) is 0 Å². The number of hydrogen-bond acceptors (Lipinski definition) is 4. The number of para-hydroxylation sites is 1. The molecule has 7 heteroatoms. The topological polar surface area (TPSA) is 80.4 Å². The predicted octanol–water partition coefficient (Wildman–Crippen LogP) is 3.80. The lowest BCUT2D eigenvalue weighted by Crippen LogP contribution is -2.32. The summed E-state index contributed by atoms with van der Waals surface area (Å²) in [6.07, 6.45) is 4.53. The zero-order valence-electron chi connectivity index (χ0n) is 17.1. The summed E-state index contributed by atoms with van der Waals surface area (Å²) in [5.41, 5.74) is 3.13. The molecule has 1 aromatic heterocycles. The molecule has 2 aromatic carbocycles. The summed E-state index contributed by atoms with van der Waals surface area (Å²) in [5.74, 6) is 0.735. The lowest BCUT2D eigenvalue weighted by atomic mass is 9.91. The maximum absolute atomic E-state index is 12.7. The minimum absolute atomic E-state index is 0.0626. The van der Waals surface area contributed by atoms with Crippen molar-refractivity contribution in [3.05, 3.63) is 65.9 Å². The van der Waals surface area contributed by atoms with Crippen LogP contribution in [0.25, 0.3) is 10.9 Å². The first-order valence-corrected chi connectivity index (χ1v) is 12.0. The average Bonchev–Trinajstić information content (AvgIpc) is 3.43. The van der Waals surface area contributed by atoms with Crippen LogP contribution in [0.2, 0.25) is 0 Å². The van der Waals surface area contributed by atoms with Crippen LogP contribution in [0.4, 0.5) is 0 Å². The lowest BCUT2D eigenvalue weighted by molar-refractivity contribution is 0.109. The average molecular weight is 429 g/mol. The van der Waals surface area contributed by atoms with Gasteiger partial charge in [0.2, 0.25) is 10.0 Å². The number of hydrogen-bond donors (Lipinski definition) is 2. The Morgan fingerprint density at radius 1 is 1.20 bits per heavy atom. The fourth-order valence-corrected chi connectivity index (χ4v) is 5.21. The monoisotopic (exact) mass is 428 g/mol. The van der Waals surface area contributed by atoms with Crippen molar-refractivity contribution in [2.75, 3.05) is 26.0 Å². The van der Waals surface area contributed by atoms with Gasteiger partial charge in [-0.3, -0.25) is 0 Å². The van der Waals surface area contributed by atoms with Gasteiger partial charge in [-0.25, -0.2) is 13.1 Å². The molecule has 3 aromatic rings. The van der Waals surface area contributed by atoms with Crippen molar-refractivity contribution in [1.82, 2.24) is 9.71 Å². The largest absolute Gasteiger partial charge is 0.497 e. The van der Waals surface area contributed by atoms with Gasteiger partial charge in [-0.2, -0.15) is 0 Å². The fourth-order valence-electron chi connectivity index (χ4n) is 4.07. The second-order valence-electron chi connectivity index (χ2n) is 7.71. The quantitative estimate of drug-likeness (QED) is 0.543. The number of sulfonamides is 1. The molecular formula is C23H28N2O4S. The predicted molar refractivity (Wildman–Crippen MR) is 119 cm³/mol. The first-order chi connectivity index (χ1) is 14.6. The zero-order valence-corrected chi connectivity index (χ0v) is 18.0. The number of methoxy groups -OCH3 is 1. The Balaban J connectivity index is 1.55. The number of aromatic nitrogens is 1. The van der Waals surface area contributed by atoms with Crippen LogP contribution >= 0.6 is 0 Å². The number of rotatable bonds is 9. The molecule has 0 radical (unpaired) electrons. The van der Waals surface area contributed by atoms with Crippen molar-refractivity contribution >= 4 is 20.9 Å². The Morgan fingerprint density at radius 2 is 2.00 bits per heavy atom. The number of ether oxygens (including phenoxy) is 2. The Hall–Kier alpha value is -2.35. The Morgan fingerprint density at radius 3 is 2.73 bits per heavy atom. The minimum Gasteiger partial charge on any atom is -0.497 e. The Labute approximate surface area is 177 Å². The van der Waals surface area contributed by atoms with Crippen LogP contribution in [-0.4, -0.2) is 45.5 Å². The van der Waals surface area contributed by atoms with Gasteiger partial charge < -0.3 is 14.5 Å². The van der Waals surface area contributed by atoms with E-state index in [1.54, 1.807) is 7.11 Å². The first-order valence-electron chi connectivity index (χ1n) is 10.3. The van der Waals surface area contributed by atoms with E-state index in [0.29, 0.717) is 13.0 Å². The summed E-state index contributed by atoms with van der Waals surface area (Å²) in [7, 11) is -1.76. The summed E-state index contributed by atoms with van der Waals surface area (Å²) in [6, 6.07) is 15.9. The highest BCUT2D eigenvalue weighted by molar-refractivity contribution is 7.89. The molecule has 1 aliphatic heterocycles. The maximum Gasteiger partial charge on any atom is 0.211 e. The van der Waals surface area contributed by atoms with Gasteiger partial charge in [0.1, 0.15) is 5.75 Å². The number of aromatic amines is 1. The van der Waals surface area contributed by atoms with Crippen molar-refractivity contribution in [3.63, 3.8) is 0 Å². The van der Waals surface area contributed by atoms with Crippen LogP contribution in [0.1, 0.15) is 36.3 Å². The third-order valence-corrected chi connectivity index (χ3v) is 7.13. The van der Waals surface area contributed by atoms with E-state index >= 15 is 0 Å². The van der Waals surface area contributed by atoms with Crippen LogP contribution < -0.4 is 9.46 Å². The van der Waals surface area contributed by atoms with Gasteiger partial charge in [-0.05, 0) is 48.6 Å². The van der Waals surface area contributed by atoms with Crippen LogP contribution in [0.5, 0.6) is 5.75 Å². The van der Waals surface area contributed by atoms with E-state index in [4.69, 9.17) is 9.47 Å². The molecule has 2 atom stereocenters. The molecule has 0 aliphatic carbocycles. The maximum atomic E-state index is 12.7. The summed E-state index contributed by atoms with van der Waals surface area (Å²) in [4.78, 5) is 3.30. The van der Waals surface area contributed by atoms with E-state index in [2.05, 4.69) is 15.8 Å². The van der Waals surface area contributed by atoms with Gasteiger partial charge in [0.25, 0.3) is 0 Å². The minimum atomic E-state index is -3.39. The summed E-state index contributed by atoms with van der Waals surface area (Å²) >= 11 is 0. The van der Waals surface area contributed by atoms with Crippen LogP contribution in [0, 0.1) is 0 Å². The molecule has 4 rings (SSSR count). The van der Waals surface area contributed by atoms with Gasteiger partial charge in [0, 0.05) is 36.2 Å². The van der Waals surface area contributed by atoms with E-state index < -0.39 is 10.0 Å². The highest BCUT2D eigenvalue weighted by atomic mass is 32.2. The smallest absolute Gasteiger partial charge is 0.211 e. The third-order valence-electron chi connectivity index (χ3n) is 5.75. The van der Waals surface area contributed by atoms with Gasteiger partial charge in [0.15, 0.2) is 0 Å². The fraction of sp³-hybridized carbons (Fsp3) is 0.391. The Kier molecular flexibility index (Phi) is 6.41. The van der Waals surface area contributed by atoms with Crippen molar-refractivity contribution < 1.29 is 17.9 Å². The van der Waals surface area contributed by atoms with E-state index in [9.17, 15) is 8.42 Å². The SMILES string of the molecule is COc1ccc(C(CNS(=O)(=O)CCC2CCCO2)c2c[nH]c3ccccc23)cc1. The molecule has 1 fully saturated rings. The van der Waals surface area contributed by atoms with E-state index in [1.807, 2.05) is 48.7 Å². The van der Waals surface area contributed by atoms with Crippen molar-refractivity contribution in [1.29, 1.82) is 0 Å². The molecule has 2 unspecified atom stereocenters. The molecule has 2 heterocycles. The van der Waals surface area contributed by atoms with Crippen molar-refractivity contribution in [3.8, 4) is 5.75 Å². The molecule has 2 N–H and O–H groups in total. The third kappa shape index (κ3) is 4.86. The van der Waals surface area contributed by atoms with Crippen LogP contribution in [-0.2, 0) is 14.8 Å². The second kappa shape index (κ2) is 9.20. The molecule has 0 bridgehead atoms. The number of H-pyrrole nitrogens is 1. The molecule has 30 heavy (non-hydrogen) atoms. The molecule has 160 valence electrons. The van der Waals surface area contributed by atoms with Gasteiger partial charge in [0.05, 0.1) is 19.0 Å². The molecule has 0 saturated carbocycles. The van der Waals surface area contributed by atoms with Gasteiger partial charge in [-0.1, -0.05) is 30.3 Å². The Bertz CT molecular complexity index is 1070. The highest BCUT2D eigenvalue weighted by Gasteiger charge is 2.23. The normalized spacial score (nSPS) is 18.0. The highest BCUT2D eigenvalue weighted by Crippen LogP contribution is 2.31. The molecule has 6 nitrogen and oxygen atoms in total. The second-order valence-corrected chi connectivity index (χ2v) is 9.63. The number of benzene rings is 2. The van der Waals surface area contributed by atoms with Gasteiger partial charge >= 0.3 is 0 Å². The lowest BCUT2D eigenvalue weighted by Gasteiger charge is -2.19. The number of fused-ring (bicyclic) bond motifs is 1. The van der Waals surface area contributed by atoms with Crippen molar-refractivity contribution in [2.45, 2.75) is 31.3 Å². The summed E-state index contributed by atoms with van der Waals surface area (Å²) < 4.78 is 39.0. The number of nitrogens with one attached hydrogen (secondary N) is 2. The summed E-state index contributed by atoms with van der Waals surface area (Å²) in [5, 5.41) is 1.09. The zero-order chi connectivity index (χ0) is 21.0. The standard InChI is InChI=1S/C23H28N2O4S/c1-28-18-10-8-17(9-11-18)21(22-15-24-23-7-3-2-6-20(22)23)16-25-30(26,27)14-12-19-5-4-13-29-19/h2-3,6-11,15,19,21,24-25H,4-5,12-14,16H2,1H3. The summed E-state index contributed by atoms with van der Waals surface area (Å²) in [6.45, 7) is 1.03. The van der Waals surface area contributed by atoms with E-state index in [0.717, 1.165) is 47.2 Å². The first kappa shape index (κ1) is 20.9.